The van der Waals surface area contributed by atoms with Crippen LogP contribution in [0.4, 0.5) is 4.79 Å². The van der Waals surface area contributed by atoms with Gasteiger partial charge in [-0.1, -0.05) is 19.9 Å². The number of carbonyl (C=O) groups excluding carboxylic acids is 2. The Morgan fingerprint density at radius 2 is 2.00 bits per heavy atom. The quantitative estimate of drug-likeness (QED) is 0.579. The maximum atomic E-state index is 12.2. The first kappa shape index (κ1) is 18.5. The molecule has 5 nitrogen and oxygen atoms in total. The molecule has 1 amide bonds. The van der Waals surface area contributed by atoms with Crippen molar-refractivity contribution in [2.45, 2.75) is 59.1 Å². The van der Waals surface area contributed by atoms with Crippen molar-refractivity contribution < 1.29 is 19.1 Å². The Morgan fingerprint density at radius 1 is 1.36 bits per heavy atom. The molecule has 1 N–H and O–H groups in total. The molecule has 0 bridgehead atoms. The SMILES string of the molecule is C=CCC(C(=O)OCC(C)C)C1CC1NC(=O)OC(C)(C)C. The predicted octanol–water partition coefficient (Wildman–Crippen LogP) is 3.29. The molecule has 3 atom stereocenters. The second kappa shape index (κ2) is 7.65. The van der Waals surface area contributed by atoms with Crippen LogP contribution in [0.5, 0.6) is 0 Å². The molecule has 1 aliphatic carbocycles. The third-order valence-corrected chi connectivity index (χ3v) is 3.34. The van der Waals surface area contributed by atoms with Gasteiger partial charge in [0.1, 0.15) is 5.60 Å². The fourth-order valence-corrected chi connectivity index (χ4v) is 2.27. The zero-order valence-electron chi connectivity index (χ0n) is 14.3. The fourth-order valence-electron chi connectivity index (χ4n) is 2.27. The highest BCUT2D eigenvalue weighted by atomic mass is 16.6. The molecule has 0 heterocycles. The summed E-state index contributed by atoms with van der Waals surface area (Å²) in [7, 11) is 0. The minimum atomic E-state index is -0.523. The van der Waals surface area contributed by atoms with Crippen molar-refractivity contribution in [2.24, 2.45) is 17.8 Å². The standard InChI is InChI=1S/C17H29NO4/c1-7-8-12(15(19)21-10-11(2)3)13-9-14(13)18-16(20)22-17(4,5)6/h7,11-14H,1,8-10H2,2-6H3,(H,18,20). The summed E-state index contributed by atoms with van der Waals surface area (Å²) in [5, 5.41) is 2.82. The summed E-state index contributed by atoms with van der Waals surface area (Å²) in [6, 6.07) is -0.0219. The van der Waals surface area contributed by atoms with E-state index >= 15 is 0 Å². The lowest BCUT2D eigenvalue weighted by atomic mass is 9.99. The number of rotatable bonds is 7. The van der Waals surface area contributed by atoms with Gasteiger partial charge in [0.15, 0.2) is 0 Å². The van der Waals surface area contributed by atoms with Gasteiger partial charge in [0.05, 0.1) is 12.5 Å². The molecule has 0 aromatic heterocycles. The minimum Gasteiger partial charge on any atom is -0.465 e. The summed E-state index contributed by atoms with van der Waals surface area (Å²) in [6.45, 7) is 13.6. The van der Waals surface area contributed by atoms with Crippen LogP contribution >= 0.6 is 0 Å². The molecule has 1 aliphatic rings. The highest BCUT2D eigenvalue weighted by Crippen LogP contribution is 2.40. The van der Waals surface area contributed by atoms with E-state index in [-0.39, 0.29) is 23.8 Å². The molecule has 126 valence electrons. The van der Waals surface area contributed by atoms with Crippen LogP contribution < -0.4 is 5.32 Å². The monoisotopic (exact) mass is 311 g/mol. The molecule has 1 saturated carbocycles. The summed E-state index contributed by atoms with van der Waals surface area (Å²) in [6.07, 6.45) is 2.63. The van der Waals surface area contributed by atoms with Gasteiger partial charge in [0.25, 0.3) is 0 Å². The van der Waals surface area contributed by atoms with Crippen LogP contribution in [0, 0.1) is 17.8 Å². The van der Waals surface area contributed by atoms with Crippen molar-refractivity contribution in [3.63, 3.8) is 0 Å². The van der Waals surface area contributed by atoms with E-state index in [1.54, 1.807) is 6.08 Å². The molecule has 5 heteroatoms. The molecule has 0 aromatic carbocycles. The molecule has 3 unspecified atom stereocenters. The lowest BCUT2D eigenvalue weighted by Crippen LogP contribution is -2.35. The molecule has 0 aliphatic heterocycles. The van der Waals surface area contributed by atoms with Crippen LogP contribution in [-0.4, -0.2) is 30.3 Å². The third-order valence-electron chi connectivity index (χ3n) is 3.34. The number of esters is 1. The van der Waals surface area contributed by atoms with Crippen molar-refractivity contribution >= 4 is 12.1 Å². The number of hydrogen-bond donors (Lipinski definition) is 1. The first-order valence-electron chi connectivity index (χ1n) is 7.91. The van der Waals surface area contributed by atoms with E-state index in [1.165, 1.54) is 0 Å². The number of carbonyl (C=O) groups is 2. The summed E-state index contributed by atoms with van der Waals surface area (Å²) >= 11 is 0. The molecule has 0 aromatic rings. The van der Waals surface area contributed by atoms with Crippen molar-refractivity contribution in [1.29, 1.82) is 0 Å². The predicted molar refractivity (Wildman–Crippen MR) is 85.4 cm³/mol. The summed E-state index contributed by atoms with van der Waals surface area (Å²) in [4.78, 5) is 23.9. The summed E-state index contributed by atoms with van der Waals surface area (Å²) < 4.78 is 10.6. The van der Waals surface area contributed by atoms with E-state index in [1.807, 2.05) is 34.6 Å². The van der Waals surface area contributed by atoms with E-state index in [4.69, 9.17) is 9.47 Å². The maximum absolute atomic E-state index is 12.2. The van der Waals surface area contributed by atoms with Crippen LogP contribution in [0.1, 0.15) is 47.5 Å². The molecule has 22 heavy (non-hydrogen) atoms. The van der Waals surface area contributed by atoms with E-state index in [9.17, 15) is 9.59 Å². The van der Waals surface area contributed by atoms with Gasteiger partial charge in [-0.05, 0) is 45.4 Å². The first-order chi connectivity index (χ1) is 10.1. The summed E-state index contributed by atoms with van der Waals surface area (Å²) in [5.74, 6) is -0.0309. The van der Waals surface area contributed by atoms with E-state index < -0.39 is 11.7 Å². The average Bonchev–Trinajstić information content (AvgIpc) is 3.09. The fraction of sp³-hybridized carbons (Fsp3) is 0.765. The smallest absolute Gasteiger partial charge is 0.407 e. The van der Waals surface area contributed by atoms with E-state index in [2.05, 4.69) is 11.9 Å². The van der Waals surface area contributed by atoms with Crippen LogP contribution in [0.2, 0.25) is 0 Å². The Hall–Kier alpha value is -1.52. The lowest BCUT2D eigenvalue weighted by Gasteiger charge is -2.20. The average molecular weight is 311 g/mol. The number of allylic oxidation sites excluding steroid dienone is 1. The van der Waals surface area contributed by atoms with E-state index in [0.29, 0.717) is 18.9 Å². The number of nitrogens with one attached hydrogen (secondary N) is 1. The van der Waals surface area contributed by atoms with Crippen LogP contribution in [0.25, 0.3) is 0 Å². The second-order valence-electron chi connectivity index (χ2n) is 7.31. The minimum absolute atomic E-state index is 0.0219. The highest BCUT2D eigenvalue weighted by molar-refractivity contribution is 5.74. The van der Waals surface area contributed by atoms with Gasteiger partial charge in [0.2, 0.25) is 0 Å². The largest absolute Gasteiger partial charge is 0.465 e. The molecule has 1 fully saturated rings. The molecule has 0 radical (unpaired) electrons. The van der Waals surface area contributed by atoms with E-state index in [0.717, 1.165) is 6.42 Å². The Labute approximate surface area is 133 Å². The third kappa shape index (κ3) is 6.50. The van der Waals surface area contributed by atoms with Gasteiger partial charge >= 0.3 is 12.1 Å². The molecule has 0 spiro atoms. The van der Waals surface area contributed by atoms with Gasteiger partial charge in [-0.15, -0.1) is 6.58 Å². The molecular weight excluding hydrogens is 282 g/mol. The Balaban J connectivity index is 2.49. The Kier molecular flexibility index (Phi) is 6.45. The molecule has 1 rings (SSSR count). The van der Waals surface area contributed by atoms with Crippen molar-refractivity contribution in [3.05, 3.63) is 12.7 Å². The van der Waals surface area contributed by atoms with Crippen molar-refractivity contribution in [1.82, 2.24) is 5.32 Å². The number of ether oxygens (including phenoxy) is 2. The Bertz CT molecular complexity index is 411. The van der Waals surface area contributed by atoms with Gasteiger partial charge in [0, 0.05) is 6.04 Å². The van der Waals surface area contributed by atoms with Crippen molar-refractivity contribution in [3.8, 4) is 0 Å². The van der Waals surface area contributed by atoms with Gasteiger partial charge in [-0.2, -0.15) is 0 Å². The first-order valence-corrected chi connectivity index (χ1v) is 7.91. The molecule has 0 saturated heterocycles. The van der Waals surface area contributed by atoms with Gasteiger partial charge < -0.3 is 14.8 Å². The van der Waals surface area contributed by atoms with Crippen LogP contribution in [-0.2, 0) is 14.3 Å². The normalized spacial score (nSPS) is 21.9. The maximum Gasteiger partial charge on any atom is 0.407 e. The topological polar surface area (TPSA) is 64.6 Å². The second-order valence-corrected chi connectivity index (χ2v) is 7.31. The van der Waals surface area contributed by atoms with Crippen molar-refractivity contribution in [2.75, 3.05) is 6.61 Å². The zero-order chi connectivity index (χ0) is 16.9. The summed E-state index contributed by atoms with van der Waals surface area (Å²) in [5.41, 5.74) is -0.523. The van der Waals surface area contributed by atoms with Gasteiger partial charge in [-0.25, -0.2) is 4.79 Å². The van der Waals surface area contributed by atoms with Crippen LogP contribution in [0.3, 0.4) is 0 Å². The number of hydrogen-bond acceptors (Lipinski definition) is 4. The molecular formula is C17H29NO4. The van der Waals surface area contributed by atoms with Gasteiger partial charge in [-0.3, -0.25) is 4.79 Å². The zero-order valence-corrected chi connectivity index (χ0v) is 14.3. The lowest BCUT2D eigenvalue weighted by molar-refractivity contribution is -0.150. The number of alkyl carbamates (subject to hydrolysis) is 1. The Morgan fingerprint density at radius 3 is 2.50 bits per heavy atom. The highest BCUT2D eigenvalue weighted by Gasteiger charge is 2.47. The van der Waals surface area contributed by atoms with Crippen LogP contribution in [0.15, 0.2) is 12.7 Å². The number of amides is 1.